The molecule has 134 valence electrons. The molecule has 6 nitrogen and oxygen atoms in total. The summed E-state index contributed by atoms with van der Waals surface area (Å²) in [6.45, 7) is 5.96. The number of rotatable bonds is 2. The molecule has 0 saturated carbocycles. The number of furan rings is 1. The van der Waals surface area contributed by atoms with Crippen LogP contribution in [0.3, 0.4) is 0 Å². The number of benzene rings is 1. The van der Waals surface area contributed by atoms with E-state index in [-0.39, 0.29) is 5.91 Å². The maximum Gasteiger partial charge on any atom is 0.410 e. The van der Waals surface area contributed by atoms with Crippen molar-refractivity contribution in [3.05, 3.63) is 28.9 Å². The second kappa shape index (κ2) is 6.71. The highest BCUT2D eigenvalue weighted by Gasteiger charge is 2.36. The van der Waals surface area contributed by atoms with Gasteiger partial charge in [0.15, 0.2) is 0 Å². The van der Waals surface area contributed by atoms with E-state index in [1.807, 2.05) is 32.9 Å². The lowest BCUT2D eigenvalue weighted by Gasteiger charge is -2.28. The third-order valence-electron chi connectivity index (χ3n) is 3.96. The van der Waals surface area contributed by atoms with Crippen LogP contribution in [0, 0.1) is 0 Å². The number of hydrogen-bond acceptors (Lipinski definition) is 4. The molecule has 2 aromatic rings. The predicted molar refractivity (Wildman–Crippen MR) is 98.5 cm³/mol. The summed E-state index contributed by atoms with van der Waals surface area (Å²) < 4.78 is 11.5. The molecule has 1 aromatic heterocycles. The summed E-state index contributed by atoms with van der Waals surface area (Å²) in [6.07, 6.45) is 2.56. The molecule has 2 heterocycles. The molecule has 25 heavy (non-hydrogen) atoms. The van der Waals surface area contributed by atoms with Gasteiger partial charge in [0.05, 0.1) is 10.7 Å². The van der Waals surface area contributed by atoms with E-state index in [0.29, 0.717) is 18.7 Å². The van der Waals surface area contributed by atoms with Gasteiger partial charge in [-0.25, -0.2) is 4.79 Å². The van der Waals surface area contributed by atoms with Crippen molar-refractivity contribution >= 4 is 44.6 Å². The zero-order valence-corrected chi connectivity index (χ0v) is 16.1. The van der Waals surface area contributed by atoms with Crippen LogP contribution in [-0.2, 0) is 9.53 Å². The summed E-state index contributed by atoms with van der Waals surface area (Å²) in [5.41, 5.74) is 0.800. The first-order chi connectivity index (χ1) is 11.7. The van der Waals surface area contributed by atoms with Crippen molar-refractivity contribution in [2.45, 2.75) is 45.3 Å². The molecule has 3 rings (SSSR count). The Bertz CT molecular complexity index is 809. The highest BCUT2D eigenvalue weighted by molar-refractivity contribution is 9.10. The Hall–Kier alpha value is -2.02. The van der Waals surface area contributed by atoms with Crippen LogP contribution in [0.15, 0.2) is 33.4 Å². The number of amides is 2. The number of halogens is 1. The third kappa shape index (κ3) is 3.98. The maximum atomic E-state index is 12.7. The Morgan fingerprint density at radius 3 is 2.84 bits per heavy atom. The number of carbonyl (C=O) groups excluding carboxylic acids is 2. The Balaban J connectivity index is 1.73. The minimum atomic E-state index is -0.585. The fraction of sp³-hybridized carbons (Fsp3) is 0.444. The molecule has 0 bridgehead atoms. The smallest absolute Gasteiger partial charge is 0.410 e. The number of anilines is 1. The summed E-state index contributed by atoms with van der Waals surface area (Å²) in [7, 11) is 0. The molecule has 1 fully saturated rings. The molecule has 1 aliphatic rings. The van der Waals surface area contributed by atoms with Gasteiger partial charge in [-0.1, -0.05) is 0 Å². The van der Waals surface area contributed by atoms with Crippen molar-refractivity contribution in [2.24, 2.45) is 0 Å². The Morgan fingerprint density at radius 2 is 2.12 bits per heavy atom. The average Bonchev–Trinajstić information content (AvgIpc) is 3.14. The third-order valence-corrected chi connectivity index (χ3v) is 4.55. The summed E-state index contributed by atoms with van der Waals surface area (Å²) in [6, 6.07) is 4.94. The van der Waals surface area contributed by atoms with Crippen LogP contribution in [0.1, 0.15) is 33.6 Å². The molecule has 1 atom stereocenters. The summed E-state index contributed by atoms with van der Waals surface area (Å²) in [5.74, 6) is -0.210. The number of nitrogens with zero attached hydrogens (tertiary/aromatic N) is 1. The molecule has 1 aliphatic heterocycles. The molecular weight excluding hydrogens is 388 g/mol. The quantitative estimate of drug-likeness (QED) is 0.791. The van der Waals surface area contributed by atoms with Crippen molar-refractivity contribution in [2.75, 3.05) is 11.9 Å². The van der Waals surface area contributed by atoms with Crippen molar-refractivity contribution in [3.63, 3.8) is 0 Å². The standard InChI is InChI=1S/C18H21BrN2O4/c1-18(2,3)25-17(23)21-7-4-5-14(21)16(22)20-12-9-11-6-8-24-15(11)13(19)10-12/h6,8-10,14H,4-5,7H2,1-3H3,(H,20,22)/t14-/m0/s1. The van der Waals surface area contributed by atoms with E-state index in [4.69, 9.17) is 9.15 Å². The lowest BCUT2D eigenvalue weighted by molar-refractivity contribution is -0.120. The molecule has 0 aliphatic carbocycles. The fourth-order valence-corrected chi connectivity index (χ4v) is 3.48. The number of nitrogens with one attached hydrogen (secondary N) is 1. The molecule has 0 unspecified atom stereocenters. The van der Waals surface area contributed by atoms with Crippen molar-refractivity contribution in [1.29, 1.82) is 0 Å². The predicted octanol–water partition coefficient (Wildman–Crippen LogP) is 4.53. The van der Waals surface area contributed by atoms with Gasteiger partial charge in [-0.15, -0.1) is 0 Å². The van der Waals surface area contributed by atoms with E-state index in [1.54, 1.807) is 12.3 Å². The minimum absolute atomic E-state index is 0.210. The van der Waals surface area contributed by atoms with E-state index < -0.39 is 17.7 Å². The van der Waals surface area contributed by atoms with Gasteiger partial charge in [0, 0.05) is 17.6 Å². The second-order valence-corrected chi connectivity index (χ2v) is 7.97. The minimum Gasteiger partial charge on any atom is -0.463 e. The van der Waals surface area contributed by atoms with Crippen LogP contribution in [0.4, 0.5) is 10.5 Å². The number of ether oxygens (including phenoxy) is 1. The summed E-state index contributed by atoms with van der Waals surface area (Å²) in [5, 5.41) is 3.78. The van der Waals surface area contributed by atoms with Crippen molar-refractivity contribution in [3.8, 4) is 0 Å². The van der Waals surface area contributed by atoms with Crippen molar-refractivity contribution in [1.82, 2.24) is 4.90 Å². The van der Waals surface area contributed by atoms with Gasteiger partial charge >= 0.3 is 6.09 Å². The number of likely N-dealkylation sites (tertiary alicyclic amines) is 1. The highest BCUT2D eigenvalue weighted by atomic mass is 79.9. The lowest BCUT2D eigenvalue weighted by atomic mass is 10.2. The molecule has 1 aromatic carbocycles. The molecule has 7 heteroatoms. The van der Waals surface area contributed by atoms with Crippen LogP contribution in [0.5, 0.6) is 0 Å². The Kier molecular flexibility index (Phi) is 4.77. The molecule has 0 radical (unpaired) electrons. The molecule has 2 amide bonds. The average molecular weight is 409 g/mol. The van der Waals surface area contributed by atoms with Gasteiger partial charge in [0.1, 0.15) is 17.2 Å². The van der Waals surface area contributed by atoms with Gasteiger partial charge < -0.3 is 14.5 Å². The number of carbonyl (C=O) groups is 2. The van der Waals surface area contributed by atoms with Crippen LogP contribution in [0.25, 0.3) is 11.0 Å². The zero-order valence-electron chi connectivity index (χ0n) is 14.5. The Morgan fingerprint density at radius 1 is 1.36 bits per heavy atom. The normalized spacial score (nSPS) is 17.8. The molecular formula is C18H21BrN2O4. The Labute approximate surface area is 154 Å². The molecule has 1 saturated heterocycles. The SMILES string of the molecule is CC(C)(C)OC(=O)N1CCC[C@H]1C(=O)Nc1cc(Br)c2occc2c1. The van der Waals surface area contributed by atoms with Gasteiger partial charge in [0.2, 0.25) is 5.91 Å². The highest BCUT2D eigenvalue weighted by Crippen LogP contribution is 2.30. The maximum absolute atomic E-state index is 12.7. The first kappa shape index (κ1) is 17.8. The number of hydrogen-bond donors (Lipinski definition) is 1. The first-order valence-corrected chi connectivity index (χ1v) is 9.01. The van der Waals surface area contributed by atoms with E-state index in [1.165, 1.54) is 4.90 Å². The zero-order chi connectivity index (χ0) is 18.2. The molecule has 1 N–H and O–H groups in total. The molecule has 0 spiro atoms. The van der Waals surface area contributed by atoms with Crippen molar-refractivity contribution < 1.29 is 18.7 Å². The van der Waals surface area contributed by atoms with Gasteiger partial charge in [-0.2, -0.15) is 0 Å². The monoisotopic (exact) mass is 408 g/mol. The number of fused-ring (bicyclic) bond motifs is 1. The van der Waals surface area contributed by atoms with E-state index >= 15 is 0 Å². The van der Waals surface area contributed by atoms with E-state index in [2.05, 4.69) is 21.2 Å². The van der Waals surface area contributed by atoms with E-state index in [9.17, 15) is 9.59 Å². The van der Waals surface area contributed by atoms with Gasteiger partial charge in [0.25, 0.3) is 0 Å². The van der Waals surface area contributed by atoms with E-state index in [0.717, 1.165) is 21.9 Å². The van der Waals surface area contributed by atoms with Crippen LogP contribution < -0.4 is 5.32 Å². The van der Waals surface area contributed by atoms with Crippen LogP contribution in [0.2, 0.25) is 0 Å². The largest absolute Gasteiger partial charge is 0.463 e. The summed E-state index contributed by atoms with van der Waals surface area (Å²) >= 11 is 3.44. The summed E-state index contributed by atoms with van der Waals surface area (Å²) in [4.78, 5) is 26.5. The second-order valence-electron chi connectivity index (χ2n) is 7.12. The van der Waals surface area contributed by atoms with Gasteiger partial charge in [-0.3, -0.25) is 9.69 Å². The first-order valence-electron chi connectivity index (χ1n) is 8.22. The van der Waals surface area contributed by atoms with Crippen LogP contribution >= 0.6 is 15.9 Å². The van der Waals surface area contributed by atoms with Gasteiger partial charge in [-0.05, 0) is 67.7 Å². The van der Waals surface area contributed by atoms with Crippen LogP contribution in [-0.4, -0.2) is 35.1 Å². The topological polar surface area (TPSA) is 71.8 Å². The lowest BCUT2D eigenvalue weighted by Crippen LogP contribution is -2.45. The fourth-order valence-electron chi connectivity index (χ4n) is 2.91.